The highest BCUT2D eigenvalue weighted by atomic mass is 35.5. The molecule has 10 heteroatoms. The molecule has 7 nitrogen and oxygen atoms in total. The van der Waals surface area contributed by atoms with Gasteiger partial charge in [0, 0.05) is 44.3 Å². The Kier molecular flexibility index (Phi) is 9.38. The second kappa shape index (κ2) is 10.8. The van der Waals surface area contributed by atoms with Crippen molar-refractivity contribution in [2.45, 2.75) is 17.4 Å². The van der Waals surface area contributed by atoms with Gasteiger partial charge in [-0.2, -0.15) is 0 Å². The Bertz CT molecular complexity index is 887. The molecule has 0 aromatic heterocycles. The van der Waals surface area contributed by atoms with E-state index in [1.807, 2.05) is 35.2 Å². The van der Waals surface area contributed by atoms with Crippen LogP contribution < -0.4 is 15.8 Å². The number of amides is 1. The first-order valence-electron chi connectivity index (χ1n) is 8.81. The Morgan fingerprint density at radius 3 is 2.00 bits per heavy atom. The molecule has 160 valence electrons. The van der Waals surface area contributed by atoms with Gasteiger partial charge in [-0.1, -0.05) is 30.3 Å². The number of rotatable bonds is 5. The zero-order valence-corrected chi connectivity index (χ0v) is 18.3. The van der Waals surface area contributed by atoms with Gasteiger partial charge in [-0.15, -0.1) is 24.8 Å². The number of carbonyl (C=O) groups excluding carboxylic acids is 1. The third-order valence-electron chi connectivity index (χ3n) is 4.79. The van der Waals surface area contributed by atoms with E-state index in [1.54, 1.807) is 12.1 Å². The second-order valence-electron chi connectivity index (χ2n) is 6.63. The molecule has 1 amide bonds. The maximum Gasteiger partial charge on any atom is 0.238 e. The standard InChI is InChI=1S/C19H24N4O3S.2ClH/c20-18(15-4-2-1-3-5-15)14-19(24)23-12-10-22(11-13-23)16-6-8-17(9-7-16)27(21,25)26;;/h1-9,18H,10-14,20H2,(H2,21,25,26);2*1H. The van der Waals surface area contributed by atoms with Crippen molar-refractivity contribution in [1.29, 1.82) is 0 Å². The summed E-state index contributed by atoms with van der Waals surface area (Å²) < 4.78 is 22.7. The summed E-state index contributed by atoms with van der Waals surface area (Å²) in [7, 11) is -3.69. The minimum absolute atomic E-state index is 0. The molecule has 1 aliphatic heterocycles. The van der Waals surface area contributed by atoms with Crippen LogP contribution in [0.1, 0.15) is 18.0 Å². The van der Waals surface area contributed by atoms with Crippen LogP contribution in [0, 0.1) is 0 Å². The van der Waals surface area contributed by atoms with E-state index in [2.05, 4.69) is 4.90 Å². The molecule has 0 bridgehead atoms. The van der Waals surface area contributed by atoms with Crippen LogP contribution in [0.5, 0.6) is 0 Å². The normalized spacial score (nSPS) is 15.1. The van der Waals surface area contributed by atoms with E-state index in [0.717, 1.165) is 11.3 Å². The lowest BCUT2D eigenvalue weighted by atomic mass is 10.0. The van der Waals surface area contributed by atoms with Crippen molar-refractivity contribution in [3.8, 4) is 0 Å². The first-order chi connectivity index (χ1) is 12.8. The zero-order valence-electron chi connectivity index (χ0n) is 15.8. The average molecular weight is 461 g/mol. The number of sulfonamides is 1. The molecular formula is C19H26Cl2N4O3S. The molecule has 4 N–H and O–H groups in total. The summed E-state index contributed by atoms with van der Waals surface area (Å²) in [6.45, 7) is 2.58. The number of nitrogens with zero attached hydrogens (tertiary/aromatic N) is 2. The van der Waals surface area contributed by atoms with Crippen LogP contribution in [-0.4, -0.2) is 45.4 Å². The molecule has 1 atom stereocenters. The van der Waals surface area contributed by atoms with Gasteiger partial charge in [-0.05, 0) is 29.8 Å². The minimum atomic E-state index is -3.69. The van der Waals surface area contributed by atoms with Crippen molar-refractivity contribution < 1.29 is 13.2 Å². The third-order valence-corrected chi connectivity index (χ3v) is 5.71. The van der Waals surface area contributed by atoms with Crippen LogP contribution in [0.3, 0.4) is 0 Å². The third kappa shape index (κ3) is 6.58. The molecular weight excluding hydrogens is 435 g/mol. The fourth-order valence-electron chi connectivity index (χ4n) is 3.20. The van der Waals surface area contributed by atoms with Gasteiger partial charge in [0.05, 0.1) is 4.90 Å². The molecule has 29 heavy (non-hydrogen) atoms. The highest BCUT2D eigenvalue weighted by Gasteiger charge is 2.23. The van der Waals surface area contributed by atoms with Crippen molar-refractivity contribution in [1.82, 2.24) is 4.90 Å². The molecule has 2 aromatic rings. The Balaban J connectivity index is 0.00000210. The van der Waals surface area contributed by atoms with Gasteiger partial charge < -0.3 is 15.5 Å². The van der Waals surface area contributed by atoms with E-state index in [1.165, 1.54) is 12.1 Å². The maximum absolute atomic E-state index is 12.5. The SMILES string of the molecule is Cl.Cl.NC(CC(=O)N1CCN(c2ccc(S(N)(=O)=O)cc2)CC1)c1ccccc1. The summed E-state index contributed by atoms with van der Waals surface area (Å²) in [5.74, 6) is 0.0515. The second-order valence-corrected chi connectivity index (χ2v) is 8.19. The summed E-state index contributed by atoms with van der Waals surface area (Å²) in [6.07, 6.45) is 0.285. The van der Waals surface area contributed by atoms with Crippen LogP contribution in [0.4, 0.5) is 5.69 Å². The molecule has 2 aromatic carbocycles. The quantitative estimate of drug-likeness (QED) is 0.707. The summed E-state index contributed by atoms with van der Waals surface area (Å²) in [6, 6.07) is 15.8. The predicted octanol–water partition coefficient (Wildman–Crippen LogP) is 1.92. The van der Waals surface area contributed by atoms with Crippen LogP contribution in [0.25, 0.3) is 0 Å². The van der Waals surface area contributed by atoms with E-state index < -0.39 is 10.0 Å². The molecule has 1 aliphatic rings. The van der Waals surface area contributed by atoms with Gasteiger partial charge >= 0.3 is 0 Å². The highest BCUT2D eigenvalue weighted by molar-refractivity contribution is 7.89. The van der Waals surface area contributed by atoms with Gasteiger partial charge in [0.15, 0.2) is 0 Å². The van der Waals surface area contributed by atoms with Gasteiger partial charge in [0.2, 0.25) is 15.9 Å². The Morgan fingerprint density at radius 2 is 1.48 bits per heavy atom. The highest BCUT2D eigenvalue weighted by Crippen LogP contribution is 2.20. The summed E-state index contributed by atoms with van der Waals surface area (Å²) in [4.78, 5) is 16.6. The maximum atomic E-state index is 12.5. The minimum Gasteiger partial charge on any atom is -0.368 e. The van der Waals surface area contributed by atoms with Gasteiger partial charge in [0.1, 0.15) is 0 Å². The van der Waals surface area contributed by atoms with E-state index in [4.69, 9.17) is 10.9 Å². The number of hydrogen-bond acceptors (Lipinski definition) is 5. The number of hydrogen-bond donors (Lipinski definition) is 2. The molecule has 3 rings (SSSR count). The molecule has 0 saturated carbocycles. The van der Waals surface area contributed by atoms with Gasteiger partial charge in [-0.25, -0.2) is 13.6 Å². The van der Waals surface area contributed by atoms with Crippen molar-refractivity contribution in [2.24, 2.45) is 10.9 Å². The molecule has 1 fully saturated rings. The van der Waals surface area contributed by atoms with E-state index >= 15 is 0 Å². The molecule has 0 radical (unpaired) electrons. The fraction of sp³-hybridized carbons (Fsp3) is 0.316. The molecule has 0 aliphatic carbocycles. The van der Waals surface area contributed by atoms with Crippen LogP contribution in [0.15, 0.2) is 59.5 Å². The largest absolute Gasteiger partial charge is 0.368 e. The van der Waals surface area contributed by atoms with E-state index in [0.29, 0.717) is 26.2 Å². The summed E-state index contributed by atoms with van der Waals surface area (Å²) >= 11 is 0. The topological polar surface area (TPSA) is 110 Å². The number of carbonyl (C=O) groups is 1. The van der Waals surface area contributed by atoms with Crippen molar-refractivity contribution in [3.05, 3.63) is 60.2 Å². The first-order valence-corrected chi connectivity index (χ1v) is 10.4. The summed E-state index contributed by atoms with van der Waals surface area (Å²) in [5.41, 5.74) is 8.02. The van der Waals surface area contributed by atoms with Crippen LogP contribution in [-0.2, 0) is 14.8 Å². The Morgan fingerprint density at radius 1 is 0.931 bits per heavy atom. The van der Waals surface area contributed by atoms with Gasteiger partial charge in [-0.3, -0.25) is 4.79 Å². The number of anilines is 1. The first kappa shape index (κ1) is 25.2. The fourth-order valence-corrected chi connectivity index (χ4v) is 3.71. The zero-order chi connectivity index (χ0) is 19.4. The smallest absolute Gasteiger partial charge is 0.238 e. The number of primary sulfonamides is 1. The predicted molar refractivity (Wildman–Crippen MR) is 119 cm³/mol. The van der Waals surface area contributed by atoms with Crippen molar-refractivity contribution in [3.63, 3.8) is 0 Å². The molecule has 1 saturated heterocycles. The van der Waals surface area contributed by atoms with Crippen molar-refractivity contribution >= 4 is 46.4 Å². The van der Waals surface area contributed by atoms with Crippen LogP contribution >= 0.6 is 24.8 Å². The van der Waals surface area contributed by atoms with E-state index in [9.17, 15) is 13.2 Å². The monoisotopic (exact) mass is 460 g/mol. The number of halogens is 2. The Hall–Kier alpha value is -1.84. The molecule has 1 heterocycles. The lowest BCUT2D eigenvalue weighted by Crippen LogP contribution is -2.49. The summed E-state index contributed by atoms with van der Waals surface area (Å²) in [5, 5.41) is 5.12. The lowest BCUT2D eigenvalue weighted by molar-refractivity contribution is -0.131. The number of benzene rings is 2. The average Bonchev–Trinajstić information content (AvgIpc) is 2.68. The lowest BCUT2D eigenvalue weighted by Gasteiger charge is -2.36. The Labute approximate surface area is 183 Å². The van der Waals surface area contributed by atoms with Crippen molar-refractivity contribution in [2.75, 3.05) is 31.1 Å². The number of piperazine rings is 1. The number of nitrogens with two attached hydrogens (primary N) is 2. The molecule has 1 unspecified atom stereocenters. The van der Waals surface area contributed by atoms with Gasteiger partial charge in [0.25, 0.3) is 0 Å². The van der Waals surface area contributed by atoms with E-state index in [-0.39, 0.29) is 48.1 Å². The van der Waals surface area contributed by atoms with Crippen LogP contribution in [0.2, 0.25) is 0 Å². The molecule has 0 spiro atoms.